The summed E-state index contributed by atoms with van der Waals surface area (Å²) < 4.78 is 0. The summed E-state index contributed by atoms with van der Waals surface area (Å²) in [5.41, 5.74) is 7.64. The summed E-state index contributed by atoms with van der Waals surface area (Å²) in [4.78, 5) is 4.09. The molecular formula is C10H10N2. The van der Waals surface area contributed by atoms with Gasteiger partial charge in [0.1, 0.15) is 5.69 Å². The lowest BCUT2D eigenvalue weighted by atomic mass is 10.1. The van der Waals surface area contributed by atoms with Crippen molar-refractivity contribution in [1.82, 2.24) is 4.98 Å². The van der Waals surface area contributed by atoms with Crippen LogP contribution in [0.15, 0.2) is 18.3 Å². The Morgan fingerprint density at radius 1 is 1.50 bits per heavy atom. The Bertz CT molecular complexity index is 328. The van der Waals surface area contributed by atoms with Gasteiger partial charge in [-0.05, 0) is 24.5 Å². The highest BCUT2D eigenvalue weighted by molar-refractivity contribution is 5.32. The fourth-order valence-electron chi connectivity index (χ4n) is 1.20. The van der Waals surface area contributed by atoms with Crippen molar-refractivity contribution in [2.24, 2.45) is 5.73 Å². The molecule has 0 amide bonds. The fourth-order valence-corrected chi connectivity index (χ4v) is 1.20. The molecule has 0 aromatic carbocycles. The van der Waals surface area contributed by atoms with Crippen LogP contribution in [0.4, 0.5) is 0 Å². The first kappa shape index (κ1) is 7.33. The van der Waals surface area contributed by atoms with E-state index in [4.69, 9.17) is 12.2 Å². The van der Waals surface area contributed by atoms with E-state index in [2.05, 4.69) is 10.9 Å². The Labute approximate surface area is 71.8 Å². The minimum absolute atomic E-state index is 0.0971. The van der Waals surface area contributed by atoms with E-state index in [1.165, 1.54) is 0 Å². The molecule has 0 saturated heterocycles. The molecule has 1 aliphatic carbocycles. The van der Waals surface area contributed by atoms with Gasteiger partial charge in [-0.3, -0.25) is 0 Å². The molecule has 0 atom stereocenters. The molecule has 1 fully saturated rings. The smallest absolute Gasteiger partial charge is 0.112 e. The van der Waals surface area contributed by atoms with Crippen LogP contribution in [0.2, 0.25) is 0 Å². The predicted molar refractivity (Wildman–Crippen MR) is 47.3 cm³/mol. The Hall–Kier alpha value is -1.33. The minimum Gasteiger partial charge on any atom is -0.321 e. The fraction of sp³-hybridized carbons (Fsp3) is 0.300. The number of aromatic nitrogens is 1. The normalized spacial score (nSPS) is 18.3. The largest absolute Gasteiger partial charge is 0.321 e. The van der Waals surface area contributed by atoms with Gasteiger partial charge in [0.2, 0.25) is 0 Å². The second-order valence-corrected chi connectivity index (χ2v) is 3.23. The highest BCUT2D eigenvalue weighted by Crippen LogP contribution is 2.42. The maximum atomic E-state index is 5.97. The topological polar surface area (TPSA) is 38.9 Å². The average molecular weight is 158 g/mol. The third kappa shape index (κ3) is 1.09. The van der Waals surface area contributed by atoms with Crippen LogP contribution in [0, 0.1) is 12.3 Å². The summed E-state index contributed by atoms with van der Waals surface area (Å²) in [6.07, 6.45) is 9.08. The zero-order valence-electron chi connectivity index (χ0n) is 6.75. The lowest BCUT2D eigenvalue weighted by molar-refractivity contribution is 0.734. The second kappa shape index (κ2) is 2.33. The van der Waals surface area contributed by atoms with Crippen LogP contribution in [0.3, 0.4) is 0 Å². The first-order valence-electron chi connectivity index (χ1n) is 3.97. The monoisotopic (exact) mass is 158 g/mol. The van der Waals surface area contributed by atoms with E-state index in [1.54, 1.807) is 6.20 Å². The molecule has 0 radical (unpaired) electrons. The maximum Gasteiger partial charge on any atom is 0.112 e. The highest BCUT2D eigenvalue weighted by atomic mass is 14.8. The number of rotatable bonds is 1. The van der Waals surface area contributed by atoms with Gasteiger partial charge >= 0.3 is 0 Å². The van der Waals surface area contributed by atoms with E-state index in [0.29, 0.717) is 5.69 Å². The minimum atomic E-state index is -0.0971. The summed E-state index contributed by atoms with van der Waals surface area (Å²) in [7, 11) is 0. The van der Waals surface area contributed by atoms with Gasteiger partial charge in [0.15, 0.2) is 0 Å². The lowest BCUT2D eigenvalue weighted by Crippen LogP contribution is -2.18. The van der Waals surface area contributed by atoms with Crippen LogP contribution in [0.5, 0.6) is 0 Å². The first-order valence-corrected chi connectivity index (χ1v) is 3.97. The molecule has 1 aromatic rings. The Balaban J connectivity index is 2.32. The van der Waals surface area contributed by atoms with Crippen molar-refractivity contribution in [2.45, 2.75) is 18.4 Å². The standard InChI is InChI=1S/C10H10N2/c1-2-9-4-3-8(7-12-9)10(11)5-6-10/h1,3-4,7H,5-6,11H2. The molecule has 0 unspecified atom stereocenters. The zero-order chi connectivity index (χ0) is 8.60. The Morgan fingerprint density at radius 2 is 2.25 bits per heavy atom. The molecule has 1 saturated carbocycles. The molecule has 2 N–H and O–H groups in total. The van der Waals surface area contributed by atoms with E-state index in [-0.39, 0.29) is 5.54 Å². The molecule has 1 heterocycles. The quantitative estimate of drug-likeness (QED) is 0.619. The van der Waals surface area contributed by atoms with Crippen LogP contribution in [-0.4, -0.2) is 4.98 Å². The van der Waals surface area contributed by atoms with Gasteiger partial charge in [-0.15, -0.1) is 6.42 Å². The summed E-state index contributed by atoms with van der Waals surface area (Å²) >= 11 is 0. The van der Waals surface area contributed by atoms with Gasteiger partial charge < -0.3 is 5.73 Å². The summed E-state index contributed by atoms with van der Waals surface area (Å²) in [5, 5.41) is 0. The molecule has 1 aromatic heterocycles. The van der Waals surface area contributed by atoms with E-state index in [1.807, 2.05) is 12.1 Å². The third-order valence-corrected chi connectivity index (χ3v) is 2.27. The van der Waals surface area contributed by atoms with Crippen LogP contribution in [0.25, 0.3) is 0 Å². The molecule has 0 spiro atoms. The van der Waals surface area contributed by atoms with Gasteiger partial charge in [-0.25, -0.2) is 4.98 Å². The van der Waals surface area contributed by atoms with Crippen molar-refractivity contribution in [3.8, 4) is 12.3 Å². The van der Waals surface area contributed by atoms with E-state index in [9.17, 15) is 0 Å². The molecule has 0 bridgehead atoms. The van der Waals surface area contributed by atoms with Crippen LogP contribution < -0.4 is 5.73 Å². The van der Waals surface area contributed by atoms with E-state index >= 15 is 0 Å². The van der Waals surface area contributed by atoms with Crippen molar-refractivity contribution in [3.05, 3.63) is 29.6 Å². The van der Waals surface area contributed by atoms with Crippen molar-refractivity contribution in [3.63, 3.8) is 0 Å². The van der Waals surface area contributed by atoms with E-state index < -0.39 is 0 Å². The number of nitrogens with two attached hydrogens (primary N) is 1. The first-order chi connectivity index (χ1) is 5.74. The third-order valence-electron chi connectivity index (χ3n) is 2.27. The summed E-state index contributed by atoms with van der Waals surface area (Å²) in [5.74, 6) is 2.47. The number of terminal acetylenes is 1. The number of hydrogen-bond acceptors (Lipinski definition) is 2. The number of nitrogens with zero attached hydrogens (tertiary/aromatic N) is 1. The van der Waals surface area contributed by atoms with Gasteiger partial charge in [0.25, 0.3) is 0 Å². The van der Waals surface area contributed by atoms with Crippen molar-refractivity contribution >= 4 is 0 Å². The number of hydrogen-bond donors (Lipinski definition) is 1. The lowest BCUT2D eigenvalue weighted by Gasteiger charge is -2.06. The van der Waals surface area contributed by atoms with Crippen molar-refractivity contribution in [1.29, 1.82) is 0 Å². The SMILES string of the molecule is C#Cc1ccc(C2(N)CC2)cn1. The van der Waals surface area contributed by atoms with Crippen LogP contribution in [-0.2, 0) is 5.54 Å². The Morgan fingerprint density at radius 3 is 2.67 bits per heavy atom. The molecule has 2 rings (SSSR count). The van der Waals surface area contributed by atoms with Gasteiger partial charge in [-0.1, -0.05) is 12.0 Å². The summed E-state index contributed by atoms with van der Waals surface area (Å²) in [6, 6.07) is 3.80. The van der Waals surface area contributed by atoms with Gasteiger partial charge in [0, 0.05) is 11.7 Å². The molecule has 60 valence electrons. The van der Waals surface area contributed by atoms with Crippen LogP contribution in [0.1, 0.15) is 24.1 Å². The van der Waals surface area contributed by atoms with Crippen molar-refractivity contribution in [2.75, 3.05) is 0 Å². The predicted octanol–water partition coefficient (Wildman–Crippen LogP) is 1.01. The second-order valence-electron chi connectivity index (χ2n) is 3.23. The highest BCUT2D eigenvalue weighted by Gasteiger charge is 2.40. The average Bonchev–Trinajstić information content (AvgIpc) is 2.85. The molecule has 2 nitrogen and oxygen atoms in total. The number of pyridine rings is 1. The van der Waals surface area contributed by atoms with E-state index in [0.717, 1.165) is 18.4 Å². The molecule has 1 aliphatic rings. The molecular weight excluding hydrogens is 148 g/mol. The van der Waals surface area contributed by atoms with Crippen molar-refractivity contribution < 1.29 is 0 Å². The van der Waals surface area contributed by atoms with Gasteiger partial charge in [0.05, 0.1) is 0 Å². The molecule has 0 aliphatic heterocycles. The zero-order valence-corrected chi connectivity index (χ0v) is 6.75. The molecule has 12 heavy (non-hydrogen) atoms. The summed E-state index contributed by atoms with van der Waals surface area (Å²) in [6.45, 7) is 0. The Kier molecular flexibility index (Phi) is 1.42. The maximum absolute atomic E-state index is 5.97. The molecule has 2 heteroatoms. The van der Waals surface area contributed by atoms with Crippen LogP contribution >= 0.6 is 0 Å². The van der Waals surface area contributed by atoms with Gasteiger partial charge in [-0.2, -0.15) is 0 Å².